The number of imidazole rings is 1. The average Bonchev–Trinajstić information content (AvgIpc) is 3.62. The van der Waals surface area contributed by atoms with Crippen LogP contribution < -0.4 is 11.1 Å². The summed E-state index contributed by atoms with van der Waals surface area (Å²) in [7, 11) is -2.39. The van der Waals surface area contributed by atoms with Crippen LogP contribution in [0.25, 0.3) is 11.2 Å². The van der Waals surface area contributed by atoms with Crippen molar-refractivity contribution in [3.8, 4) is 0 Å². The van der Waals surface area contributed by atoms with Crippen LogP contribution in [0.1, 0.15) is 43.7 Å². The van der Waals surface area contributed by atoms with Crippen LogP contribution in [0.3, 0.4) is 0 Å². The van der Waals surface area contributed by atoms with E-state index in [1.807, 2.05) is 22.8 Å². The van der Waals surface area contributed by atoms with Gasteiger partial charge in [-0.05, 0) is 34.8 Å². The Morgan fingerprint density at radius 3 is 1.89 bits per heavy atom. The number of aliphatic hydroxyl groups is 1. The molecule has 4 atom stereocenters. The third kappa shape index (κ3) is 5.57. The van der Waals surface area contributed by atoms with Crippen molar-refractivity contribution < 1.29 is 14.3 Å². The van der Waals surface area contributed by atoms with E-state index < -0.39 is 38.3 Å². The lowest BCUT2D eigenvalue weighted by Gasteiger charge is -2.44. The van der Waals surface area contributed by atoms with Crippen LogP contribution in [-0.4, -0.2) is 57.8 Å². The van der Waals surface area contributed by atoms with E-state index in [1.165, 1.54) is 6.33 Å². The molecule has 1 aliphatic heterocycles. The SMILES string of the molecule is CC(C)(C)[Si](C)(C)O[C@@H]1[C@H](NC(c2ccccc2)(c2ccccc2)c2ccccc2)[C@@H](CO)O[C@H]1n1cnc2c(N)ncnc21. The molecule has 1 saturated heterocycles. The fraction of sp³-hybridized carbons (Fsp3) is 0.343. The first-order valence-corrected chi connectivity index (χ1v) is 18.3. The number of aromatic nitrogens is 4. The minimum Gasteiger partial charge on any atom is -0.408 e. The highest BCUT2D eigenvalue weighted by Crippen LogP contribution is 2.45. The van der Waals surface area contributed by atoms with Crippen molar-refractivity contribution in [1.29, 1.82) is 0 Å². The summed E-state index contributed by atoms with van der Waals surface area (Å²) < 4.78 is 15.9. The Balaban J connectivity index is 1.56. The molecule has 0 radical (unpaired) electrons. The van der Waals surface area contributed by atoms with Crippen LogP contribution in [0.15, 0.2) is 104 Å². The van der Waals surface area contributed by atoms with E-state index in [1.54, 1.807) is 6.33 Å². The van der Waals surface area contributed by atoms with Gasteiger partial charge in [-0.15, -0.1) is 0 Å². The molecule has 4 N–H and O–H groups in total. The van der Waals surface area contributed by atoms with Gasteiger partial charge in [-0.1, -0.05) is 112 Å². The fourth-order valence-corrected chi connectivity index (χ4v) is 7.35. The van der Waals surface area contributed by atoms with Gasteiger partial charge in [-0.2, -0.15) is 0 Å². The van der Waals surface area contributed by atoms with Crippen molar-refractivity contribution in [3.05, 3.63) is 120 Å². The van der Waals surface area contributed by atoms with Crippen LogP contribution in [0.5, 0.6) is 0 Å². The zero-order valence-corrected chi connectivity index (χ0v) is 27.5. The third-order valence-electron chi connectivity index (χ3n) is 9.43. The number of hydrogen-bond donors (Lipinski definition) is 3. The lowest BCUT2D eigenvalue weighted by Crippen LogP contribution is -2.59. The molecule has 1 fully saturated rings. The van der Waals surface area contributed by atoms with Gasteiger partial charge in [0.15, 0.2) is 26.0 Å². The van der Waals surface area contributed by atoms with Gasteiger partial charge in [0.1, 0.15) is 24.1 Å². The van der Waals surface area contributed by atoms with Gasteiger partial charge >= 0.3 is 0 Å². The van der Waals surface area contributed by atoms with Crippen molar-refractivity contribution in [2.75, 3.05) is 12.3 Å². The van der Waals surface area contributed by atoms with E-state index in [0.29, 0.717) is 17.0 Å². The molecule has 6 rings (SSSR count). The number of hydrogen-bond acceptors (Lipinski definition) is 8. The molecule has 10 heteroatoms. The van der Waals surface area contributed by atoms with Gasteiger partial charge in [0.2, 0.25) is 0 Å². The van der Waals surface area contributed by atoms with Gasteiger partial charge in [0, 0.05) is 0 Å². The van der Waals surface area contributed by atoms with Crippen LogP contribution in [0.4, 0.5) is 5.82 Å². The lowest BCUT2D eigenvalue weighted by molar-refractivity contribution is -0.0465. The average molecular weight is 623 g/mol. The van der Waals surface area contributed by atoms with Crippen molar-refractivity contribution >= 4 is 25.3 Å². The van der Waals surface area contributed by atoms with Crippen molar-refractivity contribution in [1.82, 2.24) is 24.8 Å². The Kier molecular flexibility index (Phi) is 8.36. The number of nitrogen functional groups attached to an aromatic ring is 1. The van der Waals surface area contributed by atoms with Crippen molar-refractivity contribution in [3.63, 3.8) is 0 Å². The monoisotopic (exact) mass is 622 g/mol. The maximum absolute atomic E-state index is 10.9. The molecule has 9 nitrogen and oxygen atoms in total. The molecule has 0 bridgehead atoms. The normalized spacial score (nSPS) is 20.9. The zero-order chi connectivity index (χ0) is 31.8. The second-order valence-corrected chi connectivity index (χ2v) is 17.9. The molecule has 1 aliphatic rings. The van der Waals surface area contributed by atoms with Gasteiger partial charge < -0.3 is 20.0 Å². The van der Waals surface area contributed by atoms with Crippen LogP contribution in [0.2, 0.25) is 18.1 Å². The molecule has 0 amide bonds. The largest absolute Gasteiger partial charge is 0.408 e. The second kappa shape index (κ2) is 12.1. The topological polar surface area (TPSA) is 120 Å². The molecular formula is C35H42N6O3Si. The maximum atomic E-state index is 10.9. The third-order valence-corrected chi connectivity index (χ3v) is 13.9. The standard InChI is InChI=1S/C35H42N6O3Si/c1-34(2,3)45(4,5)44-30-28(27(21-42)43-33(30)41-23-39-29-31(36)37-22-38-32(29)41)40-35(24-15-9-6-10-16-24,25-17-11-7-12-18-25)26-19-13-8-14-20-26/h6-20,22-23,27-28,30,33,40,42H,21H2,1-5H3,(H2,36,37,38)/t27-,28-,30-,33-/m1/s1. The lowest BCUT2D eigenvalue weighted by atomic mass is 9.76. The zero-order valence-electron chi connectivity index (χ0n) is 26.5. The predicted molar refractivity (Wildman–Crippen MR) is 179 cm³/mol. The summed E-state index contributed by atoms with van der Waals surface area (Å²) in [5, 5.41) is 14.9. The highest BCUT2D eigenvalue weighted by atomic mass is 28.4. The van der Waals surface area contributed by atoms with E-state index in [2.05, 4.69) is 127 Å². The number of anilines is 1. The number of fused-ring (bicyclic) bond motifs is 1. The summed E-state index contributed by atoms with van der Waals surface area (Å²) >= 11 is 0. The molecule has 0 unspecified atom stereocenters. The van der Waals surface area contributed by atoms with E-state index >= 15 is 0 Å². The predicted octanol–water partition coefficient (Wildman–Crippen LogP) is 5.64. The summed E-state index contributed by atoms with van der Waals surface area (Å²) in [5.74, 6) is 0.295. The highest BCUT2D eigenvalue weighted by molar-refractivity contribution is 6.74. The minimum absolute atomic E-state index is 0.0849. The van der Waals surface area contributed by atoms with E-state index in [9.17, 15) is 5.11 Å². The summed E-state index contributed by atoms with van der Waals surface area (Å²) in [6.07, 6.45) is 1.33. The minimum atomic E-state index is -2.39. The molecule has 0 saturated carbocycles. The Morgan fingerprint density at radius 1 is 0.867 bits per heavy atom. The fourth-order valence-electron chi connectivity index (χ4n) is 6.05. The van der Waals surface area contributed by atoms with E-state index in [0.717, 1.165) is 16.7 Å². The quantitative estimate of drug-likeness (QED) is 0.143. The molecule has 3 heterocycles. The smallest absolute Gasteiger partial charge is 0.192 e. The van der Waals surface area contributed by atoms with E-state index in [-0.39, 0.29) is 11.6 Å². The number of ether oxygens (including phenoxy) is 1. The first-order valence-electron chi connectivity index (χ1n) is 15.4. The Bertz CT molecular complexity index is 1630. The number of nitrogens with one attached hydrogen (secondary N) is 1. The van der Waals surface area contributed by atoms with Gasteiger partial charge in [-0.25, -0.2) is 15.0 Å². The number of benzene rings is 3. The number of nitrogens with zero attached hydrogens (tertiary/aromatic N) is 4. The van der Waals surface area contributed by atoms with Crippen LogP contribution in [0, 0.1) is 0 Å². The van der Waals surface area contributed by atoms with Crippen molar-refractivity contribution in [2.24, 2.45) is 0 Å². The van der Waals surface area contributed by atoms with Gasteiger partial charge in [-0.3, -0.25) is 9.88 Å². The molecule has 0 spiro atoms. The number of aliphatic hydroxyl groups excluding tert-OH is 1. The molecule has 45 heavy (non-hydrogen) atoms. The molecule has 0 aliphatic carbocycles. The first-order chi connectivity index (χ1) is 21.6. The molecular weight excluding hydrogens is 581 g/mol. The van der Waals surface area contributed by atoms with E-state index in [4.69, 9.17) is 14.9 Å². The molecule has 234 valence electrons. The first kappa shape index (κ1) is 31.1. The highest BCUT2D eigenvalue weighted by Gasteiger charge is 2.54. The molecule has 3 aromatic carbocycles. The Morgan fingerprint density at radius 2 is 1.40 bits per heavy atom. The van der Waals surface area contributed by atoms with Gasteiger partial charge in [0.05, 0.1) is 24.5 Å². The summed E-state index contributed by atoms with van der Waals surface area (Å²) in [6, 6.07) is 30.8. The Labute approximate surface area is 265 Å². The summed E-state index contributed by atoms with van der Waals surface area (Å²) in [4.78, 5) is 13.2. The maximum Gasteiger partial charge on any atom is 0.192 e. The summed E-state index contributed by atoms with van der Waals surface area (Å²) in [5.41, 5.74) is 9.59. The van der Waals surface area contributed by atoms with Crippen molar-refractivity contribution in [2.45, 2.75) is 68.9 Å². The Hall–Kier alpha value is -3.93. The van der Waals surface area contributed by atoms with Gasteiger partial charge in [0.25, 0.3) is 0 Å². The second-order valence-electron chi connectivity index (χ2n) is 13.2. The van der Waals surface area contributed by atoms with Crippen LogP contribution in [-0.2, 0) is 14.7 Å². The number of nitrogens with two attached hydrogens (primary N) is 1. The molecule has 5 aromatic rings. The summed E-state index contributed by atoms with van der Waals surface area (Å²) in [6.45, 7) is 10.9. The van der Waals surface area contributed by atoms with Crippen LogP contribution >= 0.6 is 0 Å². The molecule has 2 aromatic heterocycles. The number of rotatable bonds is 9.